The third kappa shape index (κ3) is 4.68. The average molecular weight is 448 g/mol. The molecule has 0 bridgehead atoms. The number of sulfonamides is 1. The summed E-state index contributed by atoms with van der Waals surface area (Å²) >= 11 is 1.07. The first-order chi connectivity index (χ1) is 14.4. The lowest BCUT2D eigenvalue weighted by Crippen LogP contribution is -2.23. The zero-order chi connectivity index (χ0) is 21.1. The van der Waals surface area contributed by atoms with Crippen molar-refractivity contribution in [2.75, 3.05) is 11.8 Å². The van der Waals surface area contributed by atoms with Crippen LogP contribution in [0.5, 0.6) is 5.88 Å². The predicted octanol–water partition coefficient (Wildman–Crippen LogP) is 1.23. The molecule has 1 aliphatic carbocycles. The van der Waals surface area contributed by atoms with Gasteiger partial charge in [0.2, 0.25) is 20.9 Å². The average Bonchev–Trinajstić information content (AvgIpc) is 3.50. The van der Waals surface area contributed by atoms with Gasteiger partial charge in [0.15, 0.2) is 5.01 Å². The summed E-state index contributed by atoms with van der Waals surface area (Å²) < 4.78 is 31.7. The summed E-state index contributed by atoms with van der Waals surface area (Å²) in [6.07, 6.45) is 5.80. The molecule has 13 heteroatoms. The van der Waals surface area contributed by atoms with Crippen LogP contribution in [-0.4, -0.2) is 51.8 Å². The van der Waals surface area contributed by atoms with Crippen LogP contribution in [0.25, 0.3) is 10.7 Å². The molecule has 3 aromatic rings. The van der Waals surface area contributed by atoms with Crippen LogP contribution in [0.15, 0.2) is 30.7 Å². The number of anilines is 1. The van der Waals surface area contributed by atoms with Crippen LogP contribution in [0.1, 0.15) is 28.3 Å². The number of methoxy groups -OCH3 is 1. The van der Waals surface area contributed by atoms with Crippen molar-refractivity contribution in [2.24, 2.45) is 0 Å². The van der Waals surface area contributed by atoms with Gasteiger partial charge < -0.3 is 10.1 Å². The Balaban J connectivity index is 1.39. The quantitative estimate of drug-likeness (QED) is 0.520. The van der Waals surface area contributed by atoms with Gasteiger partial charge >= 0.3 is 0 Å². The molecule has 0 saturated heterocycles. The lowest BCUT2D eigenvalue weighted by molar-refractivity contribution is 0.0949. The largest absolute Gasteiger partial charge is 0.480 e. The molecule has 156 valence electrons. The molecule has 1 amide bonds. The molecule has 1 aliphatic rings. The molecule has 11 nitrogen and oxygen atoms in total. The number of pyridine rings is 1. The van der Waals surface area contributed by atoms with Crippen molar-refractivity contribution in [2.45, 2.75) is 24.6 Å². The summed E-state index contributed by atoms with van der Waals surface area (Å²) in [6, 6.07) is 3.15. The maximum Gasteiger partial charge on any atom is 0.282 e. The second-order valence-electron chi connectivity index (χ2n) is 6.42. The minimum absolute atomic E-state index is 0.103. The summed E-state index contributed by atoms with van der Waals surface area (Å²) in [5.41, 5.74) is 1.36. The molecule has 3 heterocycles. The van der Waals surface area contributed by atoms with Crippen molar-refractivity contribution in [1.82, 2.24) is 30.5 Å². The van der Waals surface area contributed by atoms with Crippen molar-refractivity contribution in [3.05, 3.63) is 41.4 Å². The van der Waals surface area contributed by atoms with Gasteiger partial charge in [-0.15, -0.1) is 10.2 Å². The summed E-state index contributed by atoms with van der Waals surface area (Å²) in [5, 5.41) is 10.8. The topological polar surface area (TPSA) is 149 Å². The molecule has 30 heavy (non-hydrogen) atoms. The number of carbonyl (C=O) groups excluding carboxylic acids is 1. The molecule has 0 aliphatic heterocycles. The minimum Gasteiger partial charge on any atom is -0.480 e. The summed E-state index contributed by atoms with van der Waals surface area (Å²) in [6.45, 7) is 0.103. The van der Waals surface area contributed by atoms with E-state index in [1.54, 1.807) is 12.1 Å². The van der Waals surface area contributed by atoms with Gasteiger partial charge in [-0.05, 0) is 25.0 Å². The molecule has 2 N–H and O–H groups in total. The molecule has 0 radical (unpaired) electrons. The van der Waals surface area contributed by atoms with Gasteiger partial charge in [-0.25, -0.2) is 13.4 Å². The molecule has 0 atom stereocenters. The fourth-order valence-electron chi connectivity index (χ4n) is 2.48. The smallest absolute Gasteiger partial charge is 0.282 e. The van der Waals surface area contributed by atoms with Crippen LogP contribution in [0.2, 0.25) is 0 Å². The van der Waals surface area contributed by atoms with E-state index in [0.717, 1.165) is 11.3 Å². The first-order valence-corrected chi connectivity index (χ1v) is 11.3. The molecule has 0 spiro atoms. The van der Waals surface area contributed by atoms with E-state index in [0.29, 0.717) is 40.8 Å². The predicted molar refractivity (Wildman–Crippen MR) is 108 cm³/mol. The zero-order valence-electron chi connectivity index (χ0n) is 15.8. The van der Waals surface area contributed by atoms with Crippen LogP contribution in [0.3, 0.4) is 0 Å². The van der Waals surface area contributed by atoms with E-state index < -0.39 is 15.9 Å². The van der Waals surface area contributed by atoms with Crippen LogP contribution in [-0.2, 0) is 16.6 Å². The van der Waals surface area contributed by atoms with E-state index in [4.69, 9.17) is 4.74 Å². The number of nitrogens with one attached hydrogen (secondary N) is 2. The van der Waals surface area contributed by atoms with Gasteiger partial charge in [-0.2, -0.15) is 0 Å². The molecule has 1 fully saturated rings. The van der Waals surface area contributed by atoms with Crippen molar-refractivity contribution < 1.29 is 17.9 Å². The van der Waals surface area contributed by atoms with E-state index in [1.807, 2.05) is 0 Å². The van der Waals surface area contributed by atoms with Gasteiger partial charge in [-0.1, -0.05) is 11.3 Å². The number of amides is 1. The molecule has 1 saturated carbocycles. The van der Waals surface area contributed by atoms with E-state index in [-0.39, 0.29) is 16.8 Å². The van der Waals surface area contributed by atoms with Crippen molar-refractivity contribution in [3.63, 3.8) is 0 Å². The highest BCUT2D eigenvalue weighted by Crippen LogP contribution is 2.29. The summed E-state index contributed by atoms with van der Waals surface area (Å²) in [5.74, 6) is -0.0997. The second kappa shape index (κ2) is 8.28. The monoisotopic (exact) mass is 447 g/mol. The first-order valence-electron chi connectivity index (χ1n) is 8.89. The molecule has 4 rings (SSSR count). The maximum atomic E-state index is 12.4. The highest BCUT2D eigenvalue weighted by atomic mass is 32.2. The van der Waals surface area contributed by atoms with Crippen LogP contribution in [0, 0.1) is 0 Å². The first kappa shape index (κ1) is 20.1. The van der Waals surface area contributed by atoms with Gasteiger partial charge in [0.25, 0.3) is 5.91 Å². The van der Waals surface area contributed by atoms with Gasteiger partial charge in [-0.3, -0.25) is 19.5 Å². The van der Waals surface area contributed by atoms with Crippen LogP contribution >= 0.6 is 11.3 Å². The third-order valence-electron chi connectivity index (χ3n) is 4.13. The number of carbonyl (C=O) groups is 1. The molecular weight excluding hydrogens is 430 g/mol. The number of aromatic nitrogens is 5. The van der Waals surface area contributed by atoms with Crippen LogP contribution in [0.4, 0.5) is 5.69 Å². The number of hydrogen-bond donors (Lipinski definition) is 2. The Morgan fingerprint density at radius 3 is 2.90 bits per heavy atom. The fourth-order valence-corrected chi connectivity index (χ4v) is 4.57. The van der Waals surface area contributed by atoms with Crippen LogP contribution < -0.4 is 14.8 Å². The second-order valence-corrected chi connectivity index (χ2v) is 9.36. The van der Waals surface area contributed by atoms with Gasteiger partial charge in [0.05, 0.1) is 42.7 Å². The molecular formula is C17H17N7O4S2. The highest BCUT2D eigenvalue weighted by Gasteiger charge is 2.35. The Kier molecular flexibility index (Phi) is 5.55. The van der Waals surface area contributed by atoms with E-state index >= 15 is 0 Å². The third-order valence-corrected chi connectivity index (χ3v) is 6.94. The van der Waals surface area contributed by atoms with E-state index in [2.05, 4.69) is 35.2 Å². The zero-order valence-corrected chi connectivity index (χ0v) is 17.4. The Morgan fingerprint density at radius 2 is 2.13 bits per heavy atom. The molecule has 0 unspecified atom stereocenters. The number of rotatable bonds is 8. The van der Waals surface area contributed by atoms with E-state index in [1.165, 1.54) is 25.7 Å². The summed E-state index contributed by atoms with van der Waals surface area (Å²) in [7, 11) is -1.88. The van der Waals surface area contributed by atoms with E-state index in [9.17, 15) is 13.2 Å². The number of ether oxygens (including phenoxy) is 1. The number of nitrogens with zero attached hydrogens (tertiary/aromatic N) is 5. The minimum atomic E-state index is -3.36. The molecule has 0 aromatic carbocycles. The molecule has 3 aromatic heterocycles. The Hall–Kier alpha value is -3.19. The number of hydrogen-bond acceptors (Lipinski definition) is 10. The van der Waals surface area contributed by atoms with Crippen molar-refractivity contribution in [3.8, 4) is 16.6 Å². The Bertz CT molecular complexity index is 1180. The lowest BCUT2D eigenvalue weighted by Gasteiger charge is -2.08. The SMILES string of the molecule is COc1cncc(-c2nnc(C(=O)NCc3cc(NS(=O)(=O)C4CC4)ccn3)s2)n1. The Morgan fingerprint density at radius 1 is 1.30 bits per heavy atom. The van der Waals surface area contributed by atoms with Crippen molar-refractivity contribution >= 4 is 33.0 Å². The maximum absolute atomic E-state index is 12.4. The lowest BCUT2D eigenvalue weighted by atomic mass is 10.3. The normalized spacial score (nSPS) is 13.6. The van der Waals surface area contributed by atoms with Crippen molar-refractivity contribution in [1.29, 1.82) is 0 Å². The van der Waals surface area contributed by atoms with Gasteiger partial charge in [0.1, 0.15) is 5.69 Å². The fraction of sp³-hybridized carbons (Fsp3) is 0.294. The Labute approximate surface area is 176 Å². The highest BCUT2D eigenvalue weighted by molar-refractivity contribution is 7.93. The summed E-state index contributed by atoms with van der Waals surface area (Å²) in [4.78, 5) is 24.8. The van der Waals surface area contributed by atoms with Gasteiger partial charge in [0, 0.05) is 6.20 Å². The standard InChI is InChI=1S/C17H17N7O4S2/c1-28-14-9-18-8-13(21-14)16-22-23-17(29-16)15(25)20-7-11-6-10(4-5-19-11)24-30(26,27)12-2-3-12/h4-6,8-9,12H,2-3,7H2,1H3,(H,19,24)(H,20,25).